The number of aromatic amines is 1. The lowest BCUT2D eigenvalue weighted by Crippen LogP contribution is -2.10. The number of aromatic nitrogens is 1. The van der Waals surface area contributed by atoms with E-state index in [1.807, 2.05) is 0 Å². The molecule has 0 radical (unpaired) electrons. The first kappa shape index (κ1) is 11.0. The predicted molar refractivity (Wildman–Crippen MR) is 61.5 cm³/mol. The highest BCUT2D eigenvalue weighted by atomic mass is 35.5. The molecule has 0 fully saturated rings. The van der Waals surface area contributed by atoms with Crippen LogP contribution in [0.25, 0.3) is 10.9 Å². The van der Waals surface area contributed by atoms with Crippen molar-refractivity contribution in [3.8, 4) is 0 Å². The molecule has 0 atom stereocenters. The Morgan fingerprint density at radius 2 is 1.94 bits per heavy atom. The molecule has 1 heterocycles. The van der Waals surface area contributed by atoms with Crippen LogP contribution in [0.4, 0.5) is 0 Å². The van der Waals surface area contributed by atoms with Gasteiger partial charge in [-0.25, -0.2) is 4.79 Å². The quantitative estimate of drug-likeness (QED) is 0.825. The fraction of sp³-hybridized carbons (Fsp3) is 0. The van der Waals surface area contributed by atoms with Crippen LogP contribution in [0, 0.1) is 0 Å². The number of aromatic carboxylic acids is 1. The molecule has 0 saturated carbocycles. The number of fused-ring (bicyclic) bond motifs is 1. The Bertz CT molecular complexity index is 648. The lowest BCUT2D eigenvalue weighted by molar-refractivity contribution is 0.0699. The second-order valence-electron chi connectivity index (χ2n) is 3.16. The molecule has 82 valence electrons. The molecule has 0 unspecified atom stereocenters. The number of nitrogens with one attached hydrogen (secondary N) is 1. The number of rotatable bonds is 1. The van der Waals surface area contributed by atoms with Crippen molar-refractivity contribution in [2.24, 2.45) is 0 Å². The summed E-state index contributed by atoms with van der Waals surface area (Å²) < 4.78 is 0. The van der Waals surface area contributed by atoms with Crippen molar-refractivity contribution in [1.82, 2.24) is 4.98 Å². The fourth-order valence-corrected chi connectivity index (χ4v) is 2.00. The van der Waals surface area contributed by atoms with Crippen LogP contribution < -0.4 is 5.56 Å². The molecule has 0 bridgehead atoms. The van der Waals surface area contributed by atoms with E-state index < -0.39 is 11.5 Å². The average Bonchev–Trinajstić information content (AvgIpc) is 2.18. The normalized spacial score (nSPS) is 10.6. The third-order valence-corrected chi connectivity index (χ3v) is 2.62. The topological polar surface area (TPSA) is 70.2 Å². The van der Waals surface area contributed by atoms with Crippen LogP contribution in [0.15, 0.2) is 23.0 Å². The Labute approximate surface area is 99.4 Å². The summed E-state index contributed by atoms with van der Waals surface area (Å²) in [6, 6.07) is 3.88. The highest BCUT2D eigenvalue weighted by molar-refractivity contribution is 6.38. The highest BCUT2D eigenvalue weighted by Gasteiger charge is 2.12. The van der Waals surface area contributed by atoms with E-state index >= 15 is 0 Å². The van der Waals surface area contributed by atoms with Crippen molar-refractivity contribution in [2.45, 2.75) is 0 Å². The predicted octanol–water partition coefficient (Wildman–Crippen LogP) is 2.53. The molecule has 4 nitrogen and oxygen atoms in total. The van der Waals surface area contributed by atoms with E-state index in [0.29, 0.717) is 10.4 Å². The Kier molecular flexibility index (Phi) is 2.61. The summed E-state index contributed by atoms with van der Waals surface area (Å²) in [7, 11) is 0. The van der Waals surface area contributed by atoms with Crippen LogP contribution >= 0.6 is 23.2 Å². The summed E-state index contributed by atoms with van der Waals surface area (Å²) in [6.45, 7) is 0. The minimum atomic E-state index is -1.20. The minimum Gasteiger partial charge on any atom is -0.478 e. The summed E-state index contributed by atoms with van der Waals surface area (Å²) in [6.07, 6.45) is 0. The zero-order valence-electron chi connectivity index (χ0n) is 7.75. The van der Waals surface area contributed by atoms with Gasteiger partial charge in [0.2, 0.25) is 5.56 Å². The first-order valence-electron chi connectivity index (χ1n) is 4.24. The monoisotopic (exact) mass is 257 g/mol. The van der Waals surface area contributed by atoms with Gasteiger partial charge in [-0.2, -0.15) is 0 Å². The van der Waals surface area contributed by atoms with Gasteiger partial charge in [0.1, 0.15) is 0 Å². The number of carbonyl (C=O) groups is 1. The lowest BCUT2D eigenvalue weighted by atomic mass is 10.1. The van der Waals surface area contributed by atoms with Gasteiger partial charge in [0.25, 0.3) is 0 Å². The number of pyridine rings is 1. The number of hydrogen-bond acceptors (Lipinski definition) is 2. The van der Waals surface area contributed by atoms with E-state index in [9.17, 15) is 9.59 Å². The number of carboxylic acid groups (broad SMARTS) is 1. The smallest absolute Gasteiger partial charge is 0.336 e. The van der Waals surface area contributed by atoms with E-state index in [2.05, 4.69) is 4.98 Å². The first-order valence-corrected chi connectivity index (χ1v) is 5.00. The van der Waals surface area contributed by atoms with Gasteiger partial charge in [-0.15, -0.1) is 0 Å². The van der Waals surface area contributed by atoms with Gasteiger partial charge in [0.15, 0.2) is 0 Å². The lowest BCUT2D eigenvalue weighted by Gasteiger charge is -2.04. The van der Waals surface area contributed by atoms with E-state index in [4.69, 9.17) is 28.3 Å². The largest absolute Gasteiger partial charge is 0.478 e. The number of halogens is 2. The van der Waals surface area contributed by atoms with Crippen molar-refractivity contribution in [1.29, 1.82) is 0 Å². The maximum absolute atomic E-state index is 11.2. The van der Waals surface area contributed by atoms with Gasteiger partial charge in [-0.3, -0.25) is 4.79 Å². The number of H-pyrrole nitrogens is 1. The Hall–Kier alpha value is -1.52. The molecule has 16 heavy (non-hydrogen) atoms. The van der Waals surface area contributed by atoms with Gasteiger partial charge in [0, 0.05) is 16.5 Å². The maximum Gasteiger partial charge on any atom is 0.336 e. The van der Waals surface area contributed by atoms with Crippen molar-refractivity contribution in [2.75, 3.05) is 0 Å². The number of benzene rings is 1. The molecule has 0 aliphatic carbocycles. The van der Waals surface area contributed by atoms with Crippen LogP contribution in [-0.4, -0.2) is 16.1 Å². The standard InChI is InChI=1S/C10H5Cl2NO3/c11-4-1-5-6(10(15)16)3-8(14)13-9(5)7(12)2-4/h1-3H,(H,13,14)(H,15,16). The molecule has 2 N–H and O–H groups in total. The van der Waals surface area contributed by atoms with Crippen LogP contribution in [0.3, 0.4) is 0 Å². The molecular formula is C10H5Cl2NO3. The van der Waals surface area contributed by atoms with E-state index in [1.54, 1.807) is 0 Å². The molecule has 1 aromatic carbocycles. The molecule has 0 aliphatic rings. The molecule has 2 rings (SSSR count). The Morgan fingerprint density at radius 3 is 2.56 bits per heavy atom. The summed E-state index contributed by atoms with van der Waals surface area (Å²) in [5, 5.41) is 9.78. The molecule has 0 spiro atoms. The highest BCUT2D eigenvalue weighted by Crippen LogP contribution is 2.27. The van der Waals surface area contributed by atoms with Crippen LogP contribution in [0.1, 0.15) is 10.4 Å². The average molecular weight is 258 g/mol. The van der Waals surface area contributed by atoms with Gasteiger partial charge >= 0.3 is 5.97 Å². The second-order valence-corrected chi connectivity index (χ2v) is 4.01. The van der Waals surface area contributed by atoms with E-state index in [0.717, 1.165) is 6.07 Å². The number of carboxylic acids is 1. The fourth-order valence-electron chi connectivity index (χ4n) is 1.46. The third-order valence-electron chi connectivity index (χ3n) is 2.10. The minimum absolute atomic E-state index is 0.122. The van der Waals surface area contributed by atoms with Gasteiger partial charge < -0.3 is 10.1 Å². The summed E-state index contributed by atoms with van der Waals surface area (Å²) >= 11 is 11.6. The van der Waals surface area contributed by atoms with Gasteiger partial charge in [0.05, 0.1) is 16.1 Å². The molecule has 2 aromatic rings. The Morgan fingerprint density at radius 1 is 1.25 bits per heavy atom. The summed E-state index contributed by atoms with van der Waals surface area (Å²) in [5.74, 6) is -1.20. The summed E-state index contributed by atoms with van der Waals surface area (Å²) in [4.78, 5) is 24.7. The van der Waals surface area contributed by atoms with E-state index in [-0.39, 0.29) is 16.1 Å². The zero-order chi connectivity index (χ0) is 11.9. The Balaban J connectivity index is 3.01. The van der Waals surface area contributed by atoms with Crippen molar-refractivity contribution in [3.63, 3.8) is 0 Å². The first-order chi connectivity index (χ1) is 7.49. The van der Waals surface area contributed by atoms with Crippen LogP contribution in [0.2, 0.25) is 10.0 Å². The zero-order valence-corrected chi connectivity index (χ0v) is 9.26. The molecule has 6 heteroatoms. The molecular weight excluding hydrogens is 253 g/mol. The van der Waals surface area contributed by atoms with Crippen molar-refractivity contribution < 1.29 is 9.90 Å². The second kappa shape index (κ2) is 3.81. The van der Waals surface area contributed by atoms with Gasteiger partial charge in [-0.05, 0) is 12.1 Å². The summed E-state index contributed by atoms with van der Waals surface area (Å²) in [5.41, 5.74) is -0.367. The maximum atomic E-state index is 11.2. The molecule has 0 aliphatic heterocycles. The molecule has 0 amide bonds. The third kappa shape index (κ3) is 1.77. The van der Waals surface area contributed by atoms with Gasteiger partial charge in [-0.1, -0.05) is 23.2 Å². The number of hydrogen-bond donors (Lipinski definition) is 2. The van der Waals surface area contributed by atoms with Crippen molar-refractivity contribution >= 4 is 40.1 Å². The van der Waals surface area contributed by atoms with Crippen molar-refractivity contribution in [3.05, 3.63) is 44.2 Å². The SMILES string of the molecule is O=C(O)c1cc(=O)[nH]c2c(Cl)cc(Cl)cc12. The molecule has 1 aromatic heterocycles. The molecule has 0 saturated heterocycles. The van der Waals surface area contributed by atoms with Crippen LogP contribution in [-0.2, 0) is 0 Å². The van der Waals surface area contributed by atoms with Crippen LogP contribution in [0.5, 0.6) is 0 Å². The van der Waals surface area contributed by atoms with E-state index in [1.165, 1.54) is 12.1 Å².